The molecule has 1 aromatic heterocycles. The summed E-state index contributed by atoms with van der Waals surface area (Å²) in [4.78, 5) is 10.5. The fourth-order valence-corrected chi connectivity index (χ4v) is 3.15. The lowest BCUT2D eigenvalue weighted by molar-refractivity contribution is 0.320. The number of aromatic nitrogens is 2. The van der Waals surface area contributed by atoms with E-state index in [9.17, 15) is 0 Å². The van der Waals surface area contributed by atoms with Gasteiger partial charge in [-0.3, -0.25) is 4.90 Å². The number of hydrogen-bond acceptors (Lipinski definition) is 2. The minimum atomic E-state index is 0.803. The van der Waals surface area contributed by atoms with E-state index in [1.807, 2.05) is 12.2 Å². The maximum Gasteiger partial charge on any atom is 0.121 e. The number of nitrogens with one attached hydrogen (secondary N) is 1. The van der Waals surface area contributed by atoms with Crippen LogP contribution >= 0.6 is 0 Å². The van der Waals surface area contributed by atoms with Crippen molar-refractivity contribution >= 4 is 11.0 Å². The number of aromatic amines is 1. The quantitative estimate of drug-likeness (QED) is 0.820. The van der Waals surface area contributed by atoms with Crippen molar-refractivity contribution in [2.75, 3.05) is 13.1 Å². The molecule has 21 heavy (non-hydrogen) atoms. The van der Waals surface area contributed by atoms with Crippen molar-refractivity contribution < 1.29 is 0 Å². The molecule has 0 amide bonds. The largest absolute Gasteiger partial charge is 0.341 e. The molecular weight excluding hydrogens is 258 g/mol. The van der Waals surface area contributed by atoms with Gasteiger partial charge in [0.25, 0.3) is 0 Å². The maximum absolute atomic E-state index is 4.76. The maximum atomic E-state index is 4.76. The van der Waals surface area contributed by atoms with E-state index in [1.54, 1.807) is 0 Å². The van der Waals surface area contributed by atoms with Crippen LogP contribution in [0.4, 0.5) is 0 Å². The highest BCUT2D eigenvalue weighted by Crippen LogP contribution is 2.25. The summed E-state index contributed by atoms with van der Waals surface area (Å²) in [6, 6.07) is 4.57. The fraction of sp³-hybridized carbons (Fsp3) is 0.389. The molecule has 1 aliphatic carbocycles. The Bertz CT molecular complexity index is 601. The summed E-state index contributed by atoms with van der Waals surface area (Å²) in [6.45, 7) is 10.1. The molecule has 0 unspecified atom stereocenters. The third kappa shape index (κ3) is 3.08. The molecule has 0 aliphatic heterocycles. The predicted octanol–water partition coefficient (Wildman–Crippen LogP) is 3.62. The van der Waals surface area contributed by atoms with Crippen molar-refractivity contribution in [2.24, 2.45) is 0 Å². The highest BCUT2D eigenvalue weighted by atomic mass is 15.1. The van der Waals surface area contributed by atoms with Crippen LogP contribution < -0.4 is 0 Å². The van der Waals surface area contributed by atoms with Gasteiger partial charge in [-0.25, -0.2) is 4.98 Å². The Labute approximate surface area is 126 Å². The van der Waals surface area contributed by atoms with Crippen LogP contribution in [0.3, 0.4) is 0 Å². The summed E-state index contributed by atoms with van der Waals surface area (Å²) < 4.78 is 0. The van der Waals surface area contributed by atoms with Crippen LogP contribution in [0.5, 0.6) is 0 Å². The number of hydrogen-bond donors (Lipinski definition) is 1. The van der Waals surface area contributed by atoms with Gasteiger partial charge in [-0.15, -0.1) is 13.2 Å². The summed E-state index contributed by atoms with van der Waals surface area (Å²) in [7, 11) is 0. The normalized spacial score (nSPS) is 14.3. The number of rotatable bonds is 6. The standard InChI is InChI=1S/C18H23N3/c1-3-9-21(10-4-2)13-18-19-16-11-14-7-5-6-8-15(14)12-17(16)20-18/h3-4,11-12H,1-2,5-10,13H2,(H,19,20). The lowest BCUT2D eigenvalue weighted by Crippen LogP contribution is -2.23. The number of imidazole rings is 1. The Morgan fingerprint density at radius 3 is 2.43 bits per heavy atom. The third-order valence-corrected chi connectivity index (χ3v) is 4.14. The van der Waals surface area contributed by atoms with E-state index >= 15 is 0 Å². The zero-order valence-corrected chi connectivity index (χ0v) is 12.6. The van der Waals surface area contributed by atoms with Crippen molar-refractivity contribution in [1.82, 2.24) is 14.9 Å². The Morgan fingerprint density at radius 2 is 1.76 bits per heavy atom. The summed E-state index contributed by atoms with van der Waals surface area (Å²) >= 11 is 0. The lowest BCUT2D eigenvalue weighted by atomic mass is 9.91. The fourth-order valence-electron chi connectivity index (χ4n) is 3.15. The number of H-pyrrole nitrogens is 1. The van der Waals surface area contributed by atoms with Crippen LogP contribution in [0.25, 0.3) is 11.0 Å². The highest BCUT2D eigenvalue weighted by molar-refractivity contribution is 5.77. The molecule has 0 atom stereocenters. The van der Waals surface area contributed by atoms with Gasteiger partial charge in [0.15, 0.2) is 0 Å². The monoisotopic (exact) mass is 281 g/mol. The lowest BCUT2D eigenvalue weighted by Gasteiger charge is -2.16. The van der Waals surface area contributed by atoms with E-state index in [0.29, 0.717) is 0 Å². The highest BCUT2D eigenvalue weighted by Gasteiger charge is 2.13. The molecule has 0 saturated heterocycles. The van der Waals surface area contributed by atoms with Gasteiger partial charge in [-0.2, -0.15) is 0 Å². The summed E-state index contributed by atoms with van der Waals surface area (Å²) in [6.07, 6.45) is 8.87. The van der Waals surface area contributed by atoms with E-state index in [1.165, 1.54) is 42.3 Å². The third-order valence-electron chi connectivity index (χ3n) is 4.14. The molecule has 3 rings (SSSR count). The van der Waals surface area contributed by atoms with Crippen molar-refractivity contribution in [2.45, 2.75) is 32.2 Å². The van der Waals surface area contributed by atoms with Crippen molar-refractivity contribution in [1.29, 1.82) is 0 Å². The number of aryl methyl sites for hydroxylation is 2. The minimum absolute atomic E-state index is 0.803. The van der Waals surface area contributed by atoms with E-state index < -0.39 is 0 Å². The van der Waals surface area contributed by atoms with Gasteiger partial charge >= 0.3 is 0 Å². The smallest absolute Gasteiger partial charge is 0.121 e. The van der Waals surface area contributed by atoms with E-state index in [4.69, 9.17) is 4.98 Å². The average Bonchev–Trinajstić information content (AvgIpc) is 2.86. The van der Waals surface area contributed by atoms with Gasteiger partial charge in [0.05, 0.1) is 17.6 Å². The molecule has 3 nitrogen and oxygen atoms in total. The van der Waals surface area contributed by atoms with Gasteiger partial charge in [-0.1, -0.05) is 12.2 Å². The Balaban J connectivity index is 1.86. The average molecular weight is 281 g/mol. The number of fused-ring (bicyclic) bond motifs is 2. The first-order valence-corrected chi connectivity index (χ1v) is 7.74. The van der Waals surface area contributed by atoms with Gasteiger partial charge < -0.3 is 4.98 Å². The van der Waals surface area contributed by atoms with E-state index in [0.717, 1.165) is 31.0 Å². The summed E-state index contributed by atoms with van der Waals surface area (Å²) in [5.74, 6) is 1.02. The first-order valence-electron chi connectivity index (χ1n) is 7.74. The Hall–Kier alpha value is -1.87. The second-order valence-electron chi connectivity index (χ2n) is 5.80. The van der Waals surface area contributed by atoms with Crippen molar-refractivity contribution in [3.63, 3.8) is 0 Å². The number of nitrogens with zero attached hydrogens (tertiary/aromatic N) is 2. The molecule has 3 heteroatoms. The topological polar surface area (TPSA) is 31.9 Å². The SMILES string of the molecule is C=CCN(CC=C)Cc1nc2cc3c(cc2[nH]1)CCCC3. The minimum Gasteiger partial charge on any atom is -0.341 e. The molecule has 1 heterocycles. The van der Waals surface area contributed by atoms with Crippen LogP contribution in [0.1, 0.15) is 29.8 Å². The molecule has 1 N–H and O–H groups in total. The molecule has 0 fully saturated rings. The first kappa shape index (κ1) is 14.1. The molecule has 1 aromatic carbocycles. The van der Waals surface area contributed by atoms with Crippen LogP contribution in [0.2, 0.25) is 0 Å². The zero-order valence-electron chi connectivity index (χ0n) is 12.6. The molecule has 0 bridgehead atoms. The van der Waals surface area contributed by atoms with Gasteiger partial charge in [0, 0.05) is 13.1 Å². The molecule has 2 aromatic rings. The van der Waals surface area contributed by atoms with Gasteiger partial charge in [0.1, 0.15) is 5.82 Å². The summed E-state index contributed by atoms with van der Waals surface area (Å²) in [5, 5.41) is 0. The molecular formula is C18H23N3. The summed E-state index contributed by atoms with van der Waals surface area (Å²) in [5.41, 5.74) is 5.25. The predicted molar refractivity (Wildman–Crippen MR) is 88.4 cm³/mol. The molecule has 0 saturated carbocycles. The zero-order chi connectivity index (χ0) is 14.7. The van der Waals surface area contributed by atoms with Crippen molar-refractivity contribution in [3.8, 4) is 0 Å². The van der Waals surface area contributed by atoms with Crippen LogP contribution in [0.15, 0.2) is 37.4 Å². The van der Waals surface area contributed by atoms with Crippen molar-refractivity contribution in [3.05, 3.63) is 54.4 Å². The molecule has 0 radical (unpaired) electrons. The second kappa shape index (κ2) is 6.27. The number of benzene rings is 1. The van der Waals surface area contributed by atoms with Crippen LogP contribution in [-0.4, -0.2) is 28.0 Å². The van der Waals surface area contributed by atoms with Crippen LogP contribution in [-0.2, 0) is 19.4 Å². The Kier molecular flexibility index (Phi) is 4.20. The van der Waals surface area contributed by atoms with Gasteiger partial charge in [-0.05, 0) is 48.9 Å². The Morgan fingerprint density at radius 1 is 1.10 bits per heavy atom. The van der Waals surface area contributed by atoms with Gasteiger partial charge in [0.2, 0.25) is 0 Å². The first-order chi connectivity index (χ1) is 10.3. The molecule has 1 aliphatic rings. The molecule has 0 spiro atoms. The molecule has 110 valence electrons. The van der Waals surface area contributed by atoms with Crippen LogP contribution in [0, 0.1) is 0 Å². The van der Waals surface area contributed by atoms with E-state index in [2.05, 4.69) is 35.2 Å². The van der Waals surface area contributed by atoms with E-state index in [-0.39, 0.29) is 0 Å². The second-order valence-corrected chi connectivity index (χ2v) is 5.80.